The summed E-state index contributed by atoms with van der Waals surface area (Å²) in [6, 6.07) is 0.789. The summed E-state index contributed by atoms with van der Waals surface area (Å²) in [6.45, 7) is 5.91. The maximum Gasteiger partial charge on any atom is 0.0263 e. The molecule has 2 nitrogen and oxygen atoms in total. The van der Waals surface area contributed by atoms with Gasteiger partial charge in [0.25, 0.3) is 0 Å². The second-order valence-corrected chi connectivity index (χ2v) is 4.17. The van der Waals surface area contributed by atoms with Gasteiger partial charge in [0.15, 0.2) is 0 Å². The molecule has 2 fully saturated rings. The number of hydrogen-bond acceptors (Lipinski definition) is 2. The second-order valence-electron chi connectivity index (χ2n) is 4.17. The van der Waals surface area contributed by atoms with Gasteiger partial charge in [-0.05, 0) is 31.8 Å². The minimum atomic E-state index is 0. The quantitative estimate of drug-likeness (QED) is 0.640. The van der Waals surface area contributed by atoms with Crippen LogP contribution in [0, 0.1) is 5.41 Å². The SMILES string of the molecule is CCNC1CN(C)CC12CC2.[HH]. The van der Waals surface area contributed by atoms with Crippen molar-refractivity contribution in [2.75, 3.05) is 26.7 Å². The topological polar surface area (TPSA) is 15.3 Å². The van der Waals surface area contributed by atoms with Crippen LogP contribution < -0.4 is 5.32 Å². The molecule has 1 heterocycles. The summed E-state index contributed by atoms with van der Waals surface area (Å²) < 4.78 is 0. The molecule has 1 aliphatic heterocycles. The lowest BCUT2D eigenvalue weighted by atomic mass is 10.0. The first-order valence-corrected chi connectivity index (χ1v) is 4.69. The van der Waals surface area contributed by atoms with Crippen molar-refractivity contribution in [3.8, 4) is 0 Å². The van der Waals surface area contributed by atoms with Crippen LogP contribution in [0.4, 0.5) is 0 Å². The largest absolute Gasteiger partial charge is 0.312 e. The van der Waals surface area contributed by atoms with E-state index in [9.17, 15) is 0 Å². The number of rotatable bonds is 2. The maximum absolute atomic E-state index is 3.59. The van der Waals surface area contributed by atoms with Crippen LogP contribution in [0.25, 0.3) is 0 Å². The van der Waals surface area contributed by atoms with Gasteiger partial charge < -0.3 is 10.2 Å². The van der Waals surface area contributed by atoms with Crippen LogP contribution in [0.15, 0.2) is 0 Å². The van der Waals surface area contributed by atoms with Gasteiger partial charge in [0, 0.05) is 20.6 Å². The maximum atomic E-state index is 3.59. The van der Waals surface area contributed by atoms with E-state index >= 15 is 0 Å². The van der Waals surface area contributed by atoms with Gasteiger partial charge in [-0.3, -0.25) is 0 Å². The summed E-state index contributed by atoms with van der Waals surface area (Å²) >= 11 is 0. The normalized spacial score (nSPS) is 34.9. The van der Waals surface area contributed by atoms with E-state index in [1.54, 1.807) is 0 Å². The number of hydrogen-bond donors (Lipinski definition) is 1. The van der Waals surface area contributed by atoms with E-state index in [0.717, 1.165) is 12.6 Å². The smallest absolute Gasteiger partial charge is 0.0263 e. The fourth-order valence-corrected chi connectivity index (χ4v) is 2.41. The fourth-order valence-electron chi connectivity index (χ4n) is 2.41. The average molecular weight is 156 g/mol. The average Bonchev–Trinajstić information content (AvgIpc) is 2.61. The van der Waals surface area contributed by atoms with Crippen molar-refractivity contribution in [3.63, 3.8) is 0 Å². The van der Waals surface area contributed by atoms with Crippen LogP contribution in [0.5, 0.6) is 0 Å². The van der Waals surface area contributed by atoms with Crippen molar-refractivity contribution in [2.24, 2.45) is 5.41 Å². The van der Waals surface area contributed by atoms with E-state index in [4.69, 9.17) is 0 Å². The highest BCUT2D eigenvalue weighted by molar-refractivity contribution is 5.08. The van der Waals surface area contributed by atoms with Gasteiger partial charge in [0.05, 0.1) is 0 Å². The Kier molecular flexibility index (Phi) is 1.69. The molecule has 0 aromatic rings. The van der Waals surface area contributed by atoms with Crippen LogP contribution >= 0.6 is 0 Å². The molecule has 2 heteroatoms. The first-order chi connectivity index (χ1) is 5.27. The standard InChI is InChI=1S/C9H18N2.H2/c1-3-10-8-6-11(2)7-9(8)4-5-9;/h8,10H,3-7H2,1-2H3;1H. The molecule has 1 N–H and O–H groups in total. The summed E-state index contributed by atoms with van der Waals surface area (Å²) in [5, 5.41) is 3.59. The Morgan fingerprint density at radius 3 is 2.91 bits per heavy atom. The van der Waals surface area contributed by atoms with E-state index in [1.165, 1.54) is 25.9 Å². The molecule has 0 radical (unpaired) electrons. The molecule has 2 aliphatic rings. The molecule has 1 saturated carbocycles. The highest BCUT2D eigenvalue weighted by Gasteiger charge is 2.53. The molecule has 0 aromatic heterocycles. The van der Waals surface area contributed by atoms with Crippen LogP contribution in [-0.2, 0) is 0 Å². The first-order valence-electron chi connectivity index (χ1n) is 4.69. The molecule has 1 aliphatic carbocycles. The van der Waals surface area contributed by atoms with Crippen LogP contribution in [0.1, 0.15) is 21.2 Å². The van der Waals surface area contributed by atoms with E-state index in [-0.39, 0.29) is 1.43 Å². The molecule has 2 rings (SSSR count). The molecule has 0 aromatic carbocycles. The second kappa shape index (κ2) is 2.46. The van der Waals surface area contributed by atoms with Gasteiger partial charge in [-0.2, -0.15) is 0 Å². The zero-order valence-corrected chi connectivity index (χ0v) is 7.56. The van der Waals surface area contributed by atoms with Crippen LogP contribution in [-0.4, -0.2) is 37.6 Å². The molecule has 1 saturated heterocycles. The van der Waals surface area contributed by atoms with Gasteiger partial charge in [-0.1, -0.05) is 6.92 Å². The summed E-state index contributed by atoms with van der Waals surface area (Å²) in [4.78, 5) is 2.46. The Hall–Kier alpha value is -0.0800. The molecule has 11 heavy (non-hydrogen) atoms. The van der Waals surface area contributed by atoms with Crippen molar-refractivity contribution in [1.82, 2.24) is 10.2 Å². The van der Waals surface area contributed by atoms with E-state index in [0.29, 0.717) is 5.41 Å². The third kappa shape index (κ3) is 1.18. The predicted octanol–water partition coefficient (Wildman–Crippen LogP) is 0.936. The molecule has 0 bridgehead atoms. The van der Waals surface area contributed by atoms with E-state index in [1.807, 2.05) is 0 Å². The highest BCUT2D eigenvalue weighted by Crippen LogP contribution is 2.52. The molecular formula is C9H20N2. The molecule has 1 atom stereocenters. The minimum absolute atomic E-state index is 0. The monoisotopic (exact) mass is 156 g/mol. The van der Waals surface area contributed by atoms with Crippen molar-refractivity contribution in [3.05, 3.63) is 0 Å². The van der Waals surface area contributed by atoms with Crippen molar-refractivity contribution in [2.45, 2.75) is 25.8 Å². The highest BCUT2D eigenvalue weighted by atomic mass is 15.2. The first kappa shape index (κ1) is 7.56. The Labute approximate surface area is 70.4 Å². The van der Waals surface area contributed by atoms with E-state index in [2.05, 4.69) is 24.2 Å². The van der Waals surface area contributed by atoms with Crippen LogP contribution in [0.2, 0.25) is 0 Å². The molecular weight excluding hydrogens is 136 g/mol. The lowest BCUT2D eigenvalue weighted by molar-refractivity contribution is 0.389. The number of nitrogens with zero attached hydrogens (tertiary/aromatic N) is 1. The zero-order valence-electron chi connectivity index (χ0n) is 7.56. The molecule has 66 valence electrons. The Balaban J connectivity index is 0.000000720. The lowest BCUT2D eigenvalue weighted by Crippen LogP contribution is -2.36. The summed E-state index contributed by atoms with van der Waals surface area (Å²) in [7, 11) is 2.23. The van der Waals surface area contributed by atoms with Gasteiger partial charge in [0.1, 0.15) is 0 Å². The number of likely N-dealkylation sites (tertiary alicyclic amines) is 1. The third-order valence-electron chi connectivity index (χ3n) is 3.16. The number of nitrogens with one attached hydrogen (secondary N) is 1. The Morgan fingerprint density at radius 2 is 2.36 bits per heavy atom. The molecule has 1 unspecified atom stereocenters. The van der Waals surface area contributed by atoms with Crippen molar-refractivity contribution in [1.29, 1.82) is 0 Å². The van der Waals surface area contributed by atoms with Gasteiger partial charge in [0.2, 0.25) is 0 Å². The van der Waals surface area contributed by atoms with E-state index < -0.39 is 0 Å². The fraction of sp³-hybridized carbons (Fsp3) is 1.00. The molecule has 0 amide bonds. The summed E-state index contributed by atoms with van der Waals surface area (Å²) in [5.74, 6) is 0. The van der Waals surface area contributed by atoms with Crippen molar-refractivity contribution < 1.29 is 1.43 Å². The number of likely N-dealkylation sites (N-methyl/N-ethyl adjacent to an activating group) is 2. The summed E-state index contributed by atoms with van der Waals surface area (Å²) in [5.41, 5.74) is 0.699. The zero-order chi connectivity index (χ0) is 7.90. The Morgan fingerprint density at radius 1 is 1.64 bits per heavy atom. The van der Waals surface area contributed by atoms with Gasteiger partial charge >= 0.3 is 0 Å². The predicted molar refractivity (Wildman–Crippen MR) is 48.7 cm³/mol. The Bertz CT molecular complexity index is 157. The minimum Gasteiger partial charge on any atom is -0.312 e. The summed E-state index contributed by atoms with van der Waals surface area (Å²) in [6.07, 6.45) is 2.91. The lowest BCUT2D eigenvalue weighted by Gasteiger charge is -2.17. The third-order valence-corrected chi connectivity index (χ3v) is 3.16. The van der Waals surface area contributed by atoms with Gasteiger partial charge in [-0.25, -0.2) is 0 Å². The van der Waals surface area contributed by atoms with Gasteiger partial charge in [-0.15, -0.1) is 0 Å². The van der Waals surface area contributed by atoms with Crippen molar-refractivity contribution >= 4 is 0 Å². The molecule has 1 spiro atoms. The van der Waals surface area contributed by atoms with Crippen LogP contribution in [0.3, 0.4) is 0 Å².